The van der Waals surface area contributed by atoms with E-state index in [1.165, 1.54) is 32.1 Å². The minimum Gasteiger partial charge on any atom is -0.381 e. The fourth-order valence-corrected chi connectivity index (χ4v) is 3.28. The Hall–Kier alpha value is -0.590. The van der Waals surface area contributed by atoms with Crippen LogP contribution in [0.3, 0.4) is 0 Å². The predicted molar refractivity (Wildman–Crippen MR) is 67.5 cm³/mol. The standard InChI is InChI=1S/C14H24N2O/c1-16(10-12-5-4-8-17-11-12)14-7-3-2-6-13(14)9-15/h12-14H,2-8,10-11H2,1H3. The largest absolute Gasteiger partial charge is 0.381 e. The first-order chi connectivity index (χ1) is 8.31. The average molecular weight is 236 g/mol. The predicted octanol–water partition coefficient (Wildman–Crippen LogP) is 2.43. The maximum Gasteiger partial charge on any atom is 0.0672 e. The summed E-state index contributed by atoms with van der Waals surface area (Å²) in [7, 11) is 2.19. The summed E-state index contributed by atoms with van der Waals surface area (Å²) in [6.45, 7) is 2.95. The maximum absolute atomic E-state index is 9.21. The molecule has 3 nitrogen and oxygen atoms in total. The van der Waals surface area contributed by atoms with Crippen molar-refractivity contribution in [3.63, 3.8) is 0 Å². The quantitative estimate of drug-likeness (QED) is 0.755. The molecule has 1 aliphatic heterocycles. The zero-order chi connectivity index (χ0) is 12.1. The third kappa shape index (κ3) is 3.43. The molecule has 0 aromatic carbocycles. The first-order valence-electron chi connectivity index (χ1n) is 6.99. The van der Waals surface area contributed by atoms with E-state index >= 15 is 0 Å². The molecule has 3 atom stereocenters. The Balaban J connectivity index is 1.84. The molecule has 1 saturated carbocycles. The van der Waals surface area contributed by atoms with Gasteiger partial charge in [0.1, 0.15) is 0 Å². The molecule has 0 amide bonds. The first-order valence-corrected chi connectivity index (χ1v) is 6.99. The summed E-state index contributed by atoms with van der Waals surface area (Å²) in [6.07, 6.45) is 7.29. The van der Waals surface area contributed by atoms with Gasteiger partial charge in [-0.15, -0.1) is 0 Å². The fourth-order valence-electron chi connectivity index (χ4n) is 3.28. The van der Waals surface area contributed by atoms with E-state index in [0.29, 0.717) is 12.0 Å². The highest BCUT2D eigenvalue weighted by molar-refractivity contribution is 4.95. The van der Waals surface area contributed by atoms with Gasteiger partial charge in [0.2, 0.25) is 0 Å². The van der Waals surface area contributed by atoms with E-state index in [-0.39, 0.29) is 5.92 Å². The molecule has 1 heterocycles. The Morgan fingerprint density at radius 1 is 1.24 bits per heavy atom. The molecule has 17 heavy (non-hydrogen) atoms. The molecule has 0 aromatic rings. The Morgan fingerprint density at radius 2 is 2.06 bits per heavy atom. The monoisotopic (exact) mass is 236 g/mol. The normalized spacial score (nSPS) is 34.5. The van der Waals surface area contributed by atoms with Crippen molar-refractivity contribution in [3.8, 4) is 6.07 Å². The second kappa shape index (κ2) is 6.37. The topological polar surface area (TPSA) is 36.3 Å². The van der Waals surface area contributed by atoms with E-state index in [1.807, 2.05) is 0 Å². The Labute approximate surface area is 105 Å². The Kier molecular flexibility index (Phi) is 4.82. The molecule has 1 aliphatic carbocycles. The minimum absolute atomic E-state index is 0.248. The van der Waals surface area contributed by atoms with E-state index in [0.717, 1.165) is 26.2 Å². The summed E-state index contributed by atoms with van der Waals surface area (Å²) < 4.78 is 5.53. The van der Waals surface area contributed by atoms with Gasteiger partial charge in [-0.3, -0.25) is 0 Å². The molecular formula is C14H24N2O. The maximum atomic E-state index is 9.21. The van der Waals surface area contributed by atoms with Gasteiger partial charge in [-0.2, -0.15) is 5.26 Å². The number of hydrogen-bond donors (Lipinski definition) is 0. The van der Waals surface area contributed by atoms with Crippen molar-refractivity contribution in [1.82, 2.24) is 4.90 Å². The summed E-state index contributed by atoms with van der Waals surface area (Å²) in [4.78, 5) is 2.42. The molecule has 1 saturated heterocycles. The molecule has 0 bridgehead atoms. The van der Waals surface area contributed by atoms with Crippen LogP contribution in [-0.2, 0) is 4.74 Å². The summed E-state index contributed by atoms with van der Waals surface area (Å²) >= 11 is 0. The van der Waals surface area contributed by atoms with Crippen LogP contribution < -0.4 is 0 Å². The van der Waals surface area contributed by atoms with Gasteiger partial charge in [0.25, 0.3) is 0 Å². The molecule has 2 rings (SSSR count). The highest BCUT2D eigenvalue weighted by Crippen LogP contribution is 2.28. The van der Waals surface area contributed by atoms with E-state index in [9.17, 15) is 5.26 Å². The van der Waals surface area contributed by atoms with Crippen LogP contribution in [0.5, 0.6) is 0 Å². The third-order valence-electron chi connectivity index (χ3n) is 4.26. The molecule has 2 fully saturated rings. The Morgan fingerprint density at radius 3 is 2.76 bits per heavy atom. The summed E-state index contributed by atoms with van der Waals surface area (Å²) in [6, 6.07) is 2.98. The van der Waals surface area contributed by atoms with Gasteiger partial charge in [0, 0.05) is 19.2 Å². The second-order valence-electron chi connectivity index (χ2n) is 5.61. The van der Waals surface area contributed by atoms with Crippen molar-refractivity contribution >= 4 is 0 Å². The lowest BCUT2D eigenvalue weighted by atomic mass is 9.84. The third-order valence-corrected chi connectivity index (χ3v) is 4.26. The van der Waals surface area contributed by atoms with Gasteiger partial charge in [-0.25, -0.2) is 0 Å². The van der Waals surface area contributed by atoms with Crippen LogP contribution in [0.1, 0.15) is 38.5 Å². The van der Waals surface area contributed by atoms with Crippen LogP contribution in [0, 0.1) is 23.2 Å². The molecule has 0 spiro atoms. The van der Waals surface area contributed by atoms with Crippen molar-refractivity contribution in [2.75, 3.05) is 26.8 Å². The van der Waals surface area contributed by atoms with Crippen molar-refractivity contribution in [2.24, 2.45) is 11.8 Å². The van der Waals surface area contributed by atoms with Crippen molar-refractivity contribution in [2.45, 2.75) is 44.6 Å². The van der Waals surface area contributed by atoms with E-state index in [1.54, 1.807) is 0 Å². The average Bonchev–Trinajstić information content (AvgIpc) is 2.40. The van der Waals surface area contributed by atoms with Crippen LogP contribution >= 0.6 is 0 Å². The van der Waals surface area contributed by atoms with Gasteiger partial charge in [0.15, 0.2) is 0 Å². The summed E-state index contributed by atoms with van der Waals surface area (Å²) in [5.41, 5.74) is 0. The fraction of sp³-hybridized carbons (Fsp3) is 0.929. The molecule has 96 valence electrons. The molecule has 0 aromatic heterocycles. The zero-order valence-electron chi connectivity index (χ0n) is 10.9. The van der Waals surface area contributed by atoms with E-state index < -0.39 is 0 Å². The molecule has 3 unspecified atom stereocenters. The lowest BCUT2D eigenvalue weighted by Gasteiger charge is -2.37. The SMILES string of the molecule is CN(CC1CCCOC1)C1CCCCC1C#N. The van der Waals surface area contributed by atoms with Crippen LogP contribution in [0.2, 0.25) is 0 Å². The van der Waals surface area contributed by atoms with Gasteiger partial charge in [-0.1, -0.05) is 12.8 Å². The summed E-state index contributed by atoms with van der Waals surface area (Å²) in [5.74, 6) is 0.924. The molecule has 3 heteroatoms. The number of ether oxygens (including phenoxy) is 1. The zero-order valence-corrected chi connectivity index (χ0v) is 10.9. The van der Waals surface area contributed by atoms with Gasteiger partial charge in [-0.05, 0) is 38.6 Å². The van der Waals surface area contributed by atoms with Crippen LogP contribution in [0.15, 0.2) is 0 Å². The van der Waals surface area contributed by atoms with Crippen LogP contribution in [-0.4, -0.2) is 37.7 Å². The van der Waals surface area contributed by atoms with Crippen molar-refractivity contribution in [3.05, 3.63) is 0 Å². The minimum atomic E-state index is 0.248. The van der Waals surface area contributed by atoms with Crippen LogP contribution in [0.4, 0.5) is 0 Å². The lowest BCUT2D eigenvalue weighted by molar-refractivity contribution is 0.0295. The van der Waals surface area contributed by atoms with Crippen LogP contribution in [0.25, 0.3) is 0 Å². The lowest BCUT2D eigenvalue weighted by Crippen LogP contribution is -2.43. The molecule has 0 N–H and O–H groups in total. The van der Waals surface area contributed by atoms with E-state index in [2.05, 4.69) is 18.0 Å². The molecular weight excluding hydrogens is 212 g/mol. The Bertz CT molecular complexity index is 268. The van der Waals surface area contributed by atoms with E-state index in [4.69, 9.17) is 4.74 Å². The molecule has 0 radical (unpaired) electrons. The smallest absolute Gasteiger partial charge is 0.0672 e. The number of nitrogens with zero attached hydrogens (tertiary/aromatic N) is 2. The first kappa shape index (κ1) is 12.9. The molecule has 2 aliphatic rings. The second-order valence-corrected chi connectivity index (χ2v) is 5.61. The number of nitriles is 1. The van der Waals surface area contributed by atoms with Crippen molar-refractivity contribution in [1.29, 1.82) is 5.26 Å². The van der Waals surface area contributed by atoms with Crippen molar-refractivity contribution < 1.29 is 4.74 Å². The van der Waals surface area contributed by atoms with Gasteiger partial charge >= 0.3 is 0 Å². The van der Waals surface area contributed by atoms with Gasteiger partial charge in [0.05, 0.1) is 18.6 Å². The number of hydrogen-bond acceptors (Lipinski definition) is 3. The summed E-state index contributed by atoms with van der Waals surface area (Å²) in [5, 5.41) is 9.21. The highest BCUT2D eigenvalue weighted by atomic mass is 16.5. The highest BCUT2D eigenvalue weighted by Gasteiger charge is 2.29. The van der Waals surface area contributed by atoms with Gasteiger partial charge < -0.3 is 9.64 Å². The number of rotatable bonds is 3.